The molecule has 0 spiro atoms. The van der Waals surface area contributed by atoms with Crippen LogP contribution in [0.4, 0.5) is 0 Å². The van der Waals surface area contributed by atoms with Crippen molar-refractivity contribution in [2.24, 2.45) is 0 Å². The standard InChI is InChI=1S/C17H18O2S2/c1-19-14-6-3-12(4-7-14)11-13-5-8-15(16(13)18)17-20-9-2-10-21-17/h3-4,6-7,11H,2,5,8-10H2,1H3/b13-11+. The van der Waals surface area contributed by atoms with Crippen LogP contribution in [0.15, 0.2) is 39.6 Å². The molecule has 21 heavy (non-hydrogen) atoms. The van der Waals surface area contributed by atoms with Crippen LogP contribution >= 0.6 is 23.5 Å². The number of benzene rings is 1. The number of carbonyl (C=O) groups excluding carboxylic acids is 1. The minimum atomic E-state index is 0.253. The van der Waals surface area contributed by atoms with Crippen molar-refractivity contribution in [3.8, 4) is 5.75 Å². The molecule has 1 saturated carbocycles. The summed E-state index contributed by atoms with van der Waals surface area (Å²) >= 11 is 3.71. The van der Waals surface area contributed by atoms with Crippen LogP contribution < -0.4 is 4.74 Å². The molecule has 1 heterocycles. The first-order valence-electron chi connectivity index (χ1n) is 7.16. The quantitative estimate of drug-likeness (QED) is 0.749. The van der Waals surface area contributed by atoms with Gasteiger partial charge in [0.2, 0.25) is 0 Å². The van der Waals surface area contributed by atoms with Gasteiger partial charge in [-0.25, -0.2) is 0 Å². The fraction of sp³-hybridized carbons (Fsp3) is 0.353. The van der Waals surface area contributed by atoms with E-state index in [4.69, 9.17) is 4.74 Å². The molecule has 2 fully saturated rings. The van der Waals surface area contributed by atoms with Crippen LogP contribution in [-0.2, 0) is 4.79 Å². The number of ketones is 1. The molecule has 1 aromatic rings. The molecule has 3 rings (SSSR count). The number of rotatable bonds is 2. The van der Waals surface area contributed by atoms with E-state index in [2.05, 4.69) is 0 Å². The number of thioether (sulfide) groups is 2. The Morgan fingerprint density at radius 1 is 1.10 bits per heavy atom. The van der Waals surface area contributed by atoms with Crippen molar-refractivity contribution < 1.29 is 9.53 Å². The Bertz CT molecular complexity index is 592. The van der Waals surface area contributed by atoms with Crippen LogP contribution in [0.2, 0.25) is 0 Å². The summed E-state index contributed by atoms with van der Waals surface area (Å²) in [5.74, 6) is 3.39. The van der Waals surface area contributed by atoms with Gasteiger partial charge < -0.3 is 4.74 Å². The van der Waals surface area contributed by atoms with Gasteiger partial charge in [0.15, 0.2) is 5.78 Å². The third-order valence-corrected chi connectivity index (χ3v) is 6.38. The SMILES string of the molecule is COc1ccc(/C=C2\CCC(=C3SCCCS3)C2=O)cc1. The van der Waals surface area contributed by atoms with Gasteiger partial charge in [-0.15, -0.1) is 23.5 Å². The average molecular weight is 318 g/mol. The monoisotopic (exact) mass is 318 g/mol. The third kappa shape index (κ3) is 3.38. The maximum absolute atomic E-state index is 12.6. The Hall–Kier alpha value is -1.13. The number of ether oxygens (including phenoxy) is 1. The predicted octanol–water partition coefficient (Wildman–Crippen LogP) is 4.52. The Morgan fingerprint density at radius 3 is 2.48 bits per heavy atom. The Kier molecular flexibility index (Phi) is 4.76. The maximum atomic E-state index is 12.6. The molecule has 0 atom stereocenters. The second kappa shape index (κ2) is 6.75. The molecule has 2 aliphatic rings. The summed E-state index contributed by atoms with van der Waals surface area (Å²) in [7, 11) is 1.66. The van der Waals surface area contributed by atoms with E-state index in [-0.39, 0.29) is 5.78 Å². The maximum Gasteiger partial charge on any atom is 0.186 e. The second-order valence-electron chi connectivity index (χ2n) is 5.09. The van der Waals surface area contributed by atoms with Gasteiger partial charge in [0.05, 0.1) is 7.11 Å². The molecule has 0 bridgehead atoms. The highest BCUT2D eigenvalue weighted by molar-refractivity contribution is 8.22. The van der Waals surface area contributed by atoms with Gasteiger partial charge in [-0.2, -0.15) is 0 Å². The summed E-state index contributed by atoms with van der Waals surface area (Å²) in [6.45, 7) is 0. The van der Waals surface area contributed by atoms with Gasteiger partial charge >= 0.3 is 0 Å². The average Bonchev–Trinajstić information content (AvgIpc) is 2.90. The van der Waals surface area contributed by atoms with Crippen LogP contribution in [0.5, 0.6) is 5.75 Å². The molecule has 1 aliphatic heterocycles. The van der Waals surface area contributed by atoms with Crippen molar-refractivity contribution in [2.45, 2.75) is 19.3 Å². The van der Waals surface area contributed by atoms with E-state index in [0.29, 0.717) is 0 Å². The molecule has 2 nitrogen and oxygen atoms in total. The lowest BCUT2D eigenvalue weighted by atomic mass is 10.1. The summed E-state index contributed by atoms with van der Waals surface area (Å²) in [4.78, 5) is 12.6. The van der Waals surface area contributed by atoms with Gasteiger partial charge in [0, 0.05) is 15.4 Å². The third-order valence-electron chi connectivity index (χ3n) is 3.67. The highest BCUT2D eigenvalue weighted by atomic mass is 32.2. The molecule has 0 unspecified atom stereocenters. The molecule has 1 aromatic carbocycles. The van der Waals surface area contributed by atoms with Crippen LogP contribution in [0, 0.1) is 0 Å². The van der Waals surface area contributed by atoms with E-state index in [1.54, 1.807) is 7.11 Å². The summed E-state index contributed by atoms with van der Waals surface area (Å²) in [6, 6.07) is 7.85. The molecule has 0 N–H and O–H groups in total. The number of hydrogen-bond donors (Lipinski definition) is 0. The van der Waals surface area contributed by atoms with Crippen molar-refractivity contribution in [3.05, 3.63) is 45.2 Å². The normalized spacial score (nSPS) is 21.2. The molecule has 4 heteroatoms. The van der Waals surface area contributed by atoms with E-state index in [1.807, 2.05) is 53.9 Å². The fourth-order valence-electron chi connectivity index (χ4n) is 2.52. The Morgan fingerprint density at radius 2 is 1.81 bits per heavy atom. The molecular weight excluding hydrogens is 300 g/mol. The van der Waals surface area contributed by atoms with Gasteiger partial charge in [-0.3, -0.25) is 4.79 Å². The zero-order chi connectivity index (χ0) is 14.7. The smallest absolute Gasteiger partial charge is 0.186 e. The number of Topliss-reactive ketones (excluding diaryl/α,β-unsaturated/α-hetero) is 1. The number of allylic oxidation sites excluding steroid dienone is 2. The summed E-state index contributed by atoms with van der Waals surface area (Å²) in [5.41, 5.74) is 3.05. The first-order valence-corrected chi connectivity index (χ1v) is 9.13. The fourth-order valence-corrected chi connectivity index (χ4v) is 5.22. The lowest BCUT2D eigenvalue weighted by molar-refractivity contribution is -0.111. The predicted molar refractivity (Wildman–Crippen MR) is 91.8 cm³/mol. The van der Waals surface area contributed by atoms with E-state index in [1.165, 1.54) is 10.7 Å². The van der Waals surface area contributed by atoms with Crippen LogP contribution in [0.25, 0.3) is 6.08 Å². The lowest BCUT2D eigenvalue weighted by Gasteiger charge is -2.14. The number of hydrogen-bond acceptors (Lipinski definition) is 4. The zero-order valence-electron chi connectivity index (χ0n) is 12.1. The topological polar surface area (TPSA) is 26.3 Å². The largest absolute Gasteiger partial charge is 0.497 e. The van der Waals surface area contributed by atoms with Crippen LogP contribution in [0.1, 0.15) is 24.8 Å². The summed E-state index contributed by atoms with van der Waals surface area (Å²) in [6.07, 6.45) is 5.03. The van der Waals surface area contributed by atoms with Crippen molar-refractivity contribution in [1.82, 2.24) is 0 Å². The van der Waals surface area contributed by atoms with E-state index >= 15 is 0 Å². The molecule has 110 valence electrons. The molecule has 0 radical (unpaired) electrons. The first-order chi connectivity index (χ1) is 10.3. The van der Waals surface area contributed by atoms with Gasteiger partial charge in [-0.1, -0.05) is 12.1 Å². The van der Waals surface area contributed by atoms with Crippen molar-refractivity contribution >= 4 is 35.4 Å². The molecular formula is C17H18O2S2. The van der Waals surface area contributed by atoms with Crippen LogP contribution in [0.3, 0.4) is 0 Å². The Labute approximate surface area is 134 Å². The highest BCUT2D eigenvalue weighted by Crippen LogP contribution is 2.42. The van der Waals surface area contributed by atoms with Crippen molar-refractivity contribution in [1.29, 1.82) is 0 Å². The van der Waals surface area contributed by atoms with E-state index < -0.39 is 0 Å². The number of methoxy groups -OCH3 is 1. The van der Waals surface area contributed by atoms with Gasteiger partial charge in [-0.05, 0) is 54.5 Å². The highest BCUT2D eigenvalue weighted by Gasteiger charge is 2.27. The summed E-state index contributed by atoms with van der Waals surface area (Å²) in [5, 5.41) is 0. The molecule has 1 saturated heterocycles. The second-order valence-corrected chi connectivity index (χ2v) is 7.56. The minimum absolute atomic E-state index is 0.253. The molecule has 0 aromatic heterocycles. The first kappa shape index (κ1) is 14.8. The lowest BCUT2D eigenvalue weighted by Crippen LogP contribution is -2.01. The zero-order valence-corrected chi connectivity index (χ0v) is 13.7. The molecule has 0 amide bonds. The molecule has 1 aliphatic carbocycles. The van der Waals surface area contributed by atoms with Crippen LogP contribution in [-0.4, -0.2) is 24.4 Å². The summed E-state index contributed by atoms with van der Waals surface area (Å²) < 4.78 is 6.42. The van der Waals surface area contributed by atoms with E-state index in [9.17, 15) is 4.79 Å². The van der Waals surface area contributed by atoms with Gasteiger partial charge in [0.25, 0.3) is 0 Å². The van der Waals surface area contributed by atoms with Gasteiger partial charge in [0.1, 0.15) is 5.75 Å². The Balaban J connectivity index is 1.80. The van der Waals surface area contributed by atoms with Crippen molar-refractivity contribution in [3.63, 3.8) is 0 Å². The minimum Gasteiger partial charge on any atom is -0.497 e. The number of carbonyl (C=O) groups is 1. The van der Waals surface area contributed by atoms with Crippen molar-refractivity contribution in [2.75, 3.05) is 18.6 Å². The van der Waals surface area contributed by atoms with E-state index in [0.717, 1.165) is 46.8 Å².